The molecule has 1 amide bonds. The Hall–Kier alpha value is -0.250. The summed E-state index contributed by atoms with van der Waals surface area (Å²) in [5, 5.41) is 0.850. The summed E-state index contributed by atoms with van der Waals surface area (Å²) in [5.41, 5.74) is 0.00768. The van der Waals surface area contributed by atoms with Crippen LogP contribution in [-0.4, -0.2) is 34.5 Å². The number of piperidine rings is 1. The molecule has 2 aliphatic rings. The number of amides is 1. The lowest BCUT2D eigenvalue weighted by molar-refractivity contribution is -0.0310. The standard InChI is InChI=1S/C14H24BrNO2/c1-13(2,3)18-12(17)16-10-14(6-4-7-14)8-5-11(16)9-15/h11H,4-10H2,1-3H3. The van der Waals surface area contributed by atoms with Crippen LogP contribution in [0.2, 0.25) is 0 Å². The Morgan fingerprint density at radius 3 is 2.50 bits per heavy atom. The van der Waals surface area contributed by atoms with Gasteiger partial charge in [0.2, 0.25) is 0 Å². The van der Waals surface area contributed by atoms with Crippen LogP contribution in [0, 0.1) is 5.41 Å². The number of rotatable bonds is 1. The van der Waals surface area contributed by atoms with Gasteiger partial charge in [-0.15, -0.1) is 0 Å². The number of halogens is 1. The van der Waals surface area contributed by atoms with E-state index in [4.69, 9.17) is 4.74 Å². The van der Waals surface area contributed by atoms with Gasteiger partial charge in [-0.05, 0) is 51.9 Å². The van der Waals surface area contributed by atoms with Crippen molar-refractivity contribution < 1.29 is 9.53 Å². The predicted octanol–water partition coefficient (Wildman–Crippen LogP) is 3.95. The molecule has 1 spiro atoms. The molecule has 0 aromatic rings. The van der Waals surface area contributed by atoms with E-state index in [0.717, 1.165) is 18.3 Å². The van der Waals surface area contributed by atoms with E-state index in [9.17, 15) is 4.79 Å². The van der Waals surface area contributed by atoms with Crippen molar-refractivity contribution in [3.05, 3.63) is 0 Å². The lowest BCUT2D eigenvalue weighted by atomic mass is 9.63. The van der Waals surface area contributed by atoms with E-state index in [2.05, 4.69) is 15.9 Å². The number of alkyl halides is 1. The number of hydrogen-bond donors (Lipinski definition) is 0. The van der Waals surface area contributed by atoms with E-state index < -0.39 is 5.60 Å². The Balaban J connectivity index is 2.04. The van der Waals surface area contributed by atoms with Crippen molar-refractivity contribution in [2.24, 2.45) is 5.41 Å². The molecular formula is C14H24BrNO2. The van der Waals surface area contributed by atoms with Gasteiger partial charge < -0.3 is 9.64 Å². The fraction of sp³-hybridized carbons (Fsp3) is 0.929. The van der Waals surface area contributed by atoms with Gasteiger partial charge in [-0.1, -0.05) is 22.4 Å². The predicted molar refractivity (Wildman–Crippen MR) is 76.0 cm³/mol. The first-order chi connectivity index (χ1) is 8.35. The SMILES string of the molecule is CC(C)(C)OC(=O)N1CC2(CCC2)CCC1CBr. The molecule has 0 bridgehead atoms. The van der Waals surface area contributed by atoms with Crippen molar-refractivity contribution in [1.82, 2.24) is 4.90 Å². The Morgan fingerprint density at radius 2 is 2.06 bits per heavy atom. The van der Waals surface area contributed by atoms with Crippen molar-refractivity contribution in [2.45, 2.75) is 64.5 Å². The van der Waals surface area contributed by atoms with Crippen LogP contribution in [0.3, 0.4) is 0 Å². The average Bonchev–Trinajstić information content (AvgIpc) is 2.23. The maximum Gasteiger partial charge on any atom is 0.410 e. The second-order valence-electron chi connectivity index (χ2n) is 6.81. The maximum atomic E-state index is 12.3. The minimum atomic E-state index is -0.405. The third kappa shape index (κ3) is 3.01. The van der Waals surface area contributed by atoms with Gasteiger partial charge in [0.1, 0.15) is 5.60 Å². The number of likely N-dealkylation sites (tertiary alicyclic amines) is 1. The molecule has 0 aromatic heterocycles. The van der Waals surface area contributed by atoms with Crippen LogP contribution in [0.15, 0.2) is 0 Å². The first-order valence-electron chi connectivity index (χ1n) is 6.91. The summed E-state index contributed by atoms with van der Waals surface area (Å²) in [7, 11) is 0. The van der Waals surface area contributed by atoms with E-state index in [1.54, 1.807) is 0 Å². The largest absolute Gasteiger partial charge is 0.444 e. The van der Waals surface area contributed by atoms with Crippen molar-refractivity contribution in [3.8, 4) is 0 Å². The van der Waals surface area contributed by atoms with Gasteiger partial charge in [0, 0.05) is 17.9 Å². The quantitative estimate of drug-likeness (QED) is 0.685. The fourth-order valence-corrected chi connectivity index (χ4v) is 3.65. The van der Waals surface area contributed by atoms with Gasteiger partial charge in [0.15, 0.2) is 0 Å². The van der Waals surface area contributed by atoms with Crippen molar-refractivity contribution in [1.29, 1.82) is 0 Å². The molecule has 1 unspecified atom stereocenters. The van der Waals surface area contributed by atoms with Crippen LogP contribution in [0.25, 0.3) is 0 Å². The van der Waals surface area contributed by atoms with Crippen molar-refractivity contribution in [2.75, 3.05) is 11.9 Å². The molecule has 4 heteroatoms. The molecule has 2 fully saturated rings. The highest BCUT2D eigenvalue weighted by Gasteiger charge is 2.45. The van der Waals surface area contributed by atoms with Gasteiger partial charge in [-0.2, -0.15) is 0 Å². The molecule has 1 saturated heterocycles. The summed E-state index contributed by atoms with van der Waals surface area (Å²) in [5.74, 6) is 0. The third-order valence-corrected chi connectivity index (χ3v) is 4.92. The van der Waals surface area contributed by atoms with Crippen molar-refractivity contribution in [3.63, 3.8) is 0 Å². The third-order valence-electron chi connectivity index (χ3n) is 4.17. The first kappa shape index (κ1) is 14.2. The zero-order valence-corrected chi connectivity index (χ0v) is 13.3. The zero-order valence-electron chi connectivity index (χ0n) is 11.7. The lowest BCUT2D eigenvalue weighted by Crippen LogP contribution is -2.55. The van der Waals surface area contributed by atoms with E-state index in [1.165, 1.54) is 25.7 Å². The van der Waals surface area contributed by atoms with E-state index in [0.29, 0.717) is 11.5 Å². The molecule has 18 heavy (non-hydrogen) atoms. The number of ether oxygens (including phenoxy) is 1. The number of carbonyl (C=O) groups excluding carboxylic acids is 1. The molecule has 1 atom stereocenters. The molecule has 1 aliphatic carbocycles. The minimum Gasteiger partial charge on any atom is -0.444 e. The van der Waals surface area contributed by atoms with Crippen LogP contribution < -0.4 is 0 Å². The second kappa shape index (κ2) is 5.03. The number of nitrogens with zero attached hydrogens (tertiary/aromatic N) is 1. The molecule has 1 heterocycles. The summed E-state index contributed by atoms with van der Waals surface area (Å²) in [6, 6.07) is 0.297. The molecule has 1 aliphatic heterocycles. The van der Waals surface area contributed by atoms with Crippen LogP contribution in [0.5, 0.6) is 0 Å². The molecule has 0 N–H and O–H groups in total. The van der Waals surface area contributed by atoms with E-state index in [1.807, 2.05) is 25.7 Å². The Bertz CT molecular complexity index is 320. The molecule has 2 rings (SSSR count). The highest BCUT2D eigenvalue weighted by atomic mass is 79.9. The minimum absolute atomic E-state index is 0.141. The van der Waals surface area contributed by atoms with Gasteiger partial charge in [0.05, 0.1) is 0 Å². The lowest BCUT2D eigenvalue weighted by Gasteiger charge is -2.51. The molecule has 0 radical (unpaired) electrons. The average molecular weight is 318 g/mol. The van der Waals surface area contributed by atoms with Crippen molar-refractivity contribution >= 4 is 22.0 Å². The van der Waals surface area contributed by atoms with Crippen LogP contribution in [-0.2, 0) is 4.74 Å². The van der Waals surface area contributed by atoms with E-state index in [-0.39, 0.29) is 6.09 Å². The summed E-state index contributed by atoms with van der Waals surface area (Å²) in [6.07, 6.45) is 6.11. The van der Waals surface area contributed by atoms with Gasteiger partial charge in [-0.25, -0.2) is 4.79 Å². The summed E-state index contributed by atoms with van der Waals surface area (Å²) < 4.78 is 5.54. The smallest absolute Gasteiger partial charge is 0.410 e. The highest BCUT2D eigenvalue weighted by molar-refractivity contribution is 9.09. The Morgan fingerprint density at radius 1 is 1.39 bits per heavy atom. The zero-order chi connectivity index (χ0) is 13.4. The van der Waals surface area contributed by atoms with Crippen LogP contribution >= 0.6 is 15.9 Å². The summed E-state index contributed by atoms with van der Waals surface area (Å²) >= 11 is 3.53. The van der Waals surface area contributed by atoms with Gasteiger partial charge in [-0.3, -0.25) is 0 Å². The summed E-state index contributed by atoms with van der Waals surface area (Å²) in [4.78, 5) is 14.3. The molecule has 104 valence electrons. The monoisotopic (exact) mass is 317 g/mol. The summed E-state index contributed by atoms with van der Waals surface area (Å²) in [6.45, 7) is 6.67. The van der Waals surface area contributed by atoms with Crippen LogP contribution in [0.1, 0.15) is 52.9 Å². The second-order valence-corrected chi connectivity index (χ2v) is 7.46. The normalized spacial score (nSPS) is 26.9. The topological polar surface area (TPSA) is 29.5 Å². The number of hydrogen-bond acceptors (Lipinski definition) is 2. The maximum absolute atomic E-state index is 12.3. The van der Waals surface area contributed by atoms with Crippen LogP contribution in [0.4, 0.5) is 4.79 Å². The van der Waals surface area contributed by atoms with Gasteiger partial charge >= 0.3 is 6.09 Å². The Labute approximate surface area is 118 Å². The Kier molecular flexibility index (Phi) is 3.96. The van der Waals surface area contributed by atoms with Gasteiger partial charge in [0.25, 0.3) is 0 Å². The van der Waals surface area contributed by atoms with E-state index >= 15 is 0 Å². The molecule has 1 saturated carbocycles. The molecular weight excluding hydrogens is 294 g/mol. The molecule has 3 nitrogen and oxygen atoms in total. The fourth-order valence-electron chi connectivity index (χ4n) is 2.98. The number of carbonyl (C=O) groups is 1. The highest BCUT2D eigenvalue weighted by Crippen LogP contribution is 2.49. The molecule has 0 aromatic carbocycles. The first-order valence-corrected chi connectivity index (χ1v) is 8.03.